The van der Waals surface area contributed by atoms with E-state index < -0.39 is 35.5 Å². The van der Waals surface area contributed by atoms with Crippen molar-refractivity contribution in [2.75, 3.05) is 7.11 Å². The molecule has 2 N–H and O–H groups in total. The number of hydrogen-bond acceptors (Lipinski definition) is 4. The Labute approximate surface area is 116 Å². The van der Waals surface area contributed by atoms with Crippen LogP contribution in [0.4, 0.5) is 17.6 Å². The van der Waals surface area contributed by atoms with Gasteiger partial charge in [-0.2, -0.15) is 13.2 Å². The molecule has 1 aliphatic carbocycles. The molecule has 1 aromatic carbocycles. The van der Waals surface area contributed by atoms with E-state index in [0.717, 1.165) is 19.2 Å². The number of alkyl halides is 3. The fourth-order valence-corrected chi connectivity index (χ4v) is 2.32. The Morgan fingerprint density at radius 2 is 2.00 bits per heavy atom. The van der Waals surface area contributed by atoms with Crippen LogP contribution in [0, 0.1) is 5.82 Å². The minimum atomic E-state index is -5.22. The van der Waals surface area contributed by atoms with E-state index in [-0.39, 0.29) is 23.3 Å². The summed E-state index contributed by atoms with van der Waals surface area (Å²) in [5, 5.41) is 0. The molecule has 0 aliphatic heterocycles. The van der Waals surface area contributed by atoms with Crippen molar-refractivity contribution in [1.29, 1.82) is 0 Å². The van der Waals surface area contributed by atoms with Gasteiger partial charge in [0, 0.05) is 5.56 Å². The highest BCUT2D eigenvalue weighted by Gasteiger charge is 2.56. The summed E-state index contributed by atoms with van der Waals surface area (Å²) in [6.07, 6.45) is -5.85. The summed E-state index contributed by atoms with van der Waals surface area (Å²) in [5.74, 6) is -4.51. The third-order valence-electron chi connectivity index (χ3n) is 3.48. The Hall–Kier alpha value is -1.96. The molecule has 0 spiro atoms. The molecule has 114 valence electrons. The molecule has 0 radical (unpaired) electrons. The van der Waals surface area contributed by atoms with Gasteiger partial charge in [-0.15, -0.1) is 0 Å². The van der Waals surface area contributed by atoms with Crippen molar-refractivity contribution in [3.8, 4) is 5.75 Å². The van der Waals surface area contributed by atoms with Gasteiger partial charge in [-0.05, 0) is 30.5 Å². The SMILES string of the molecule is COc1cc2c(cc1F)CCC(N)(C(=O)C(F)(F)F)C2=O. The summed E-state index contributed by atoms with van der Waals surface area (Å²) in [4.78, 5) is 23.6. The minimum absolute atomic E-state index is 0.111. The quantitative estimate of drug-likeness (QED) is 0.668. The average Bonchev–Trinajstić information content (AvgIpc) is 2.41. The number of Topliss-reactive ketones (excluding diaryl/α,β-unsaturated/α-hetero) is 2. The maximum absolute atomic E-state index is 13.5. The van der Waals surface area contributed by atoms with Gasteiger partial charge in [0.1, 0.15) is 5.54 Å². The van der Waals surface area contributed by atoms with Crippen molar-refractivity contribution in [2.24, 2.45) is 5.73 Å². The number of nitrogens with two attached hydrogens (primary N) is 1. The van der Waals surface area contributed by atoms with E-state index in [9.17, 15) is 27.2 Å². The number of ether oxygens (including phenoxy) is 1. The fraction of sp³-hybridized carbons (Fsp3) is 0.385. The van der Waals surface area contributed by atoms with Crippen molar-refractivity contribution < 1.29 is 31.9 Å². The molecule has 0 bridgehead atoms. The molecule has 1 atom stereocenters. The number of carbonyl (C=O) groups excluding carboxylic acids is 2. The Morgan fingerprint density at radius 1 is 1.38 bits per heavy atom. The second-order valence-corrected chi connectivity index (χ2v) is 4.77. The van der Waals surface area contributed by atoms with Gasteiger partial charge in [0.15, 0.2) is 17.3 Å². The van der Waals surface area contributed by atoms with Gasteiger partial charge in [-0.25, -0.2) is 4.39 Å². The van der Waals surface area contributed by atoms with Crippen LogP contribution in [0.15, 0.2) is 12.1 Å². The number of benzene rings is 1. The molecular formula is C13H11F4NO3. The molecule has 0 saturated carbocycles. The molecule has 0 amide bonds. The molecule has 21 heavy (non-hydrogen) atoms. The van der Waals surface area contributed by atoms with Crippen LogP contribution in [0.5, 0.6) is 5.75 Å². The molecule has 1 unspecified atom stereocenters. The summed E-state index contributed by atoms with van der Waals surface area (Å²) in [5.41, 5.74) is 2.73. The molecule has 0 saturated heterocycles. The Balaban J connectivity index is 2.52. The van der Waals surface area contributed by atoms with Crippen LogP contribution in [0.25, 0.3) is 0 Å². The van der Waals surface area contributed by atoms with Crippen LogP contribution in [0.3, 0.4) is 0 Å². The van der Waals surface area contributed by atoms with Crippen LogP contribution in [-0.4, -0.2) is 30.4 Å². The first-order chi connectivity index (χ1) is 9.61. The lowest BCUT2D eigenvalue weighted by molar-refractivity contribution is -0.175. The van der Waals surface area contributed by atoms with Gasteiger partial charge in [-0.3, -0.25) is 9.59 Å². The standard InChI is InChI=1S/C13H11F4NO3/c1-21-9-5-7-6(4-8(9)14)2-3-12(18,10(7)19)11(20)13(15,16)17/h4-5H,2-3,18H2,1H3. The van der Waals surface area contributed by atoms with Crippen LogP contribution in [0.2, 0.25) is 0 Å². The lowest BCUT2D eigenvalue weighted by Crippen LogP contribution is -2.61. The summed E-state index contributed by atoms with van der Waals surface area (Å²) < 4.78 is 55.9. The van der Waals surface area contributed by atoms with Gasteiger partial charge in [0.25, 0.3) is 5.78 Å². The van der Waals surface area contributed by atoms with Crippen molar-refractivity contribution in [3.63, 3.8) is 0 Å². The smallest absolute Gasteiger partial charge is 0.452 e. The number of rotatable bonds is 2. The Morgan fingerprint density at radius 3 is 2.52 bits per heavy atom. The molecule has 4 nitrogen and oxygen atoms in total. The zero-order valence-electron chi connectivity index (χ0n) is 10.9. The second-order valence-electron chi connectivity index (χ2n) is 4.77. The summed E-state index contributed by atoms with van der Waals surface area (Å²) in [7, 11) is 1.15. The van der Waals surface area contributed by atoms with E-state index in [1.165, 1.54) is 0 Å². The van der Waals surface area contributed by atoms with Gasteiger partial charge >= 0.3 is 6.18 Å². The topological polar surface area (TPSA) is 69.4 Å². The number of aryl methyl sites for hydroxylation is 1. The predicted octanol–water partition coefficient (Wildman–Crippen LogP) is 1.79. The largest absolute Gasteiger partial charge is 0.494 e. The third kappa shape index (κ3) is 2.39. The predicted molar refractivity (Wildman–Crippen MR) is 63.6 cm³/mol. The van der Waals surface area contributed by atoms with E-state index in [1.54, 1.807) is 0 Å². The van der Waals surface area contributed by atoms with Gasteiger partial charge < -0.3 is 10.5 Å². The van der Waals surface area contributed by atoms with E-state index in [4.69, 9.17) is 5.73 Å². The van der Waals surface area contributed by atoms with E-state index in [2.05, 4.69) is 4.74 Å². The molecule has 2 rings (SSSR count). The van der Waals surface area contributed by atoms with E-state index in [1.807, 2.05) is 0 Å². The molecule has 1 aliphatic rings. The van der Waals surface area contributed by atoms with Gasteiger partial charge in [0.05, 0.1) is 7.11 Å². The number of halogens is 4. The highest BCUT2D eigenvalue weighted by atomic mass is 19.4. The molecule has 1 aromatic rings. The lowest BCUT2D eigenvalue weighted by atomic mass is 9.74. The highest BCUT2D eigenvalue weighted by Crippen LogP contribution is 2.35. The zero-order valence-corrected chi connectivity index (χ0v) is 10.9. The zero-order chi connectivity index (χ0) is 16.0. The van der Waals surface area contributed by atoms with Crippen molar-refractivity contribution in [1.82, 2.24) is 0 Å². The second kappa shape index (κ2) is 4.80. The Bertz CT molecular complexity index is 627. The first-order valence-electron chi connectivity index (χ1n) is 5.93. The third-order valence-corrected chi connectivity index (χ3v) is 3.48. The summed E-state index contributed by atoms with van der Waals surface area (Å²) in [6.45, 7) is 0. The first kappa shape index (κ1) is 15.4. The maximum Gasteiger partial charge on any atom is 0.452 e. The number of methoxy groups -OCH3 is 1. The summed E-state index contributed by atoms with van der Waals surface area (Å²) >= 11 is 0. The number of hydrogen-bond donors (Lipinski definition) is 1. The number of carbonyl (C=O) groups is 2. The molecule has 8 heteroatoms. The molecular weight excluding hydrogens is 294 g/mol. The monoisotopic (exact) mass is 305 g/mol. The van der Waals surface area contributed by atoms with Crippen molar-refractivity contribution in [3.05, 3.63) is 29.1 Å². The van der Waals surface area contributed by atoms with Crippen LogP contribution < -0.4 is 10.5 Å². The average molecular weight is 305 g/mol. The molecule has 0 aromatic heterocycles. The van der Waals surface area contributed by atoms with Crippen molar-refractivity contribution >= 4 is 11.6 Å². The van der Waals surface area contributed by atoms with Gasteiger partial charge in [-0.1, -0.05) is 0 Å². The minimum Gasteiger partial charge on any atom is -0.494 e. The number of ketones is 2. The molecule has 0 heterocycles. The maximum atomic E-state index is 13.5. The van der Waals surface area contributed by atoms with Crippen molar-refractivity contribution in [2.45, 2.75) is 24.6 Å². The fourth-order valence-electron chi connectivity index (χ4n) is 2.32. The van der Waals surface area contributed by atoms with Crippen LogP contribution in [0.1, 0.15) is 22.3 Å². The van der Waals surface area contributed by atoms with E-state index >= 15 is 0 Å². The Kier molecular flexibility index (Phi) is 3.53. The highest BCUT2D eigenvalue weighted by molar-refractivity contribution is 6.21. The number of fused-ring (bicyclic) bond motifs is 1. The lowest BCUT2D eigenvalue weighted by Gasteiger charge is -2.32. The normalized spacial score (nSPS) is 21.9. The van der Waals surface area contributed by atoms with Crippen LogP contribution in [-0.2, 0) is 11.2 Å². The van der Waals surface area contributed by atoms with E-state index in [0.29, 0.717) is 0 Å². The van der Waals surface area contributed by atoms with Gasteiger partial charge in [0.2, 0.25) is 0 Å². The first-order valence-corrected chi connectivity index (χ1v) is 5.93. The summed E-state index contributed by atoms with van der Waals surface area (Å²) in [6, 6.07) is 1.97. The molecule has 0 fully saturated rings. The van der Waals surface area contributed by atoms with Crippen LogP contribution >= 0.6 is 0 Å².